The summed E-state index contributed by atoms with van der Waals surface area (Å²) in [5, 5.41) is 0. The van der Waals surface area contributed by atoms with Crippen molar-refractivity contribution in [2.24, 2.45) is 4.99 Å². The minimum absolute atomic E-state index is 0.0502. The van der Waals surface area contributed by atoms with Crippen LogP contribution in [0.2, 0.25) is 0 Å². The quantitative estimate of drug-likeness (QED) is 0.760. The average Bonchev–Trinajstić information content (AvgIpc) is 3.10. The third-order valence-electron chi connectivity index (χ3n) is 5.74. The van der Waals surface area contributed by atoms with E-state index >= 15 is 0 Å². The van der Waals surface area contributed by atoms with Gasteiger partial charge in [0.25, 0.3) is 6.02 Å². The zero-order valence-corrected chi connectivity index (χ0v) is 16.0. The third kappa shape index (κ3) is 3.74. The van der Waals surface area contributed by atoms with Gasteiger partial charge in [-0.15, -0.1) is 0 Å². The molecule has 0 N–H and O–H groups in total. The first-order valence-electron chi connectivity index (χ1n) is 10.1. The molecule has 0 spiro atoms. The molecule has 2 aliphatic heterocycles. The Morgan fingerprint density at radius 3 is 2.85 bits per heavy atom. The van der Waals surface area contributed by atoms with Crippen molar-refractivity contribution in [1.29, 1.82) is 0 Å². The predicted octanol–water partition coefficient (Wildman–Crippen LogP) is 4.82. The first-order chi connectivity index (χ1) is 12.7. The summed E-state index contributed by atoms with van der Waals surface area (Å²) >= 11 is 0. The minimum Gasteiger partial charge on any atom is -0.490 e. The highest BCUT2D eigenvalue weighted by Gasteiger charge is 2.30. The van der Waals surface area contributed by atoms with Crippen molar-refractivity contribution in [1.82, 2.24) is 4.90 Å². The molecule has 3 aliphatic rings. The Kier molecular flexibility index (Phi) is 5.18. The number of hydrogen-bond acceptors (Lipinski definition) is 4. The zero-order valence-electron chi connectivity index (χ0n) is 16.0. The van der Waals surface area contributed by atoms with Crippen LogP contribution in [0.4, 0.5) is 0 Å². The van der Waals surface area contributed by atoms with Crippen LogP contribution in [0.25, 0.3) is 0 Å². The maximum absolute atomic E-state index is 6.10. The highest BCUT2D eigenvalue weighted by Crippen LogP contribution is 2.38. The molecule has 1 aromatic carbocycles. The van der Waals surface area contributed by atoms with E-state index in [4.69, 9.17) is 9.47 Å². The molecule has 140 valence electrons. The highest BCUT2D eigenvalue weighted by atomic mass is 16.6. The van der Waals surface area contributed by atoms with Crippen LogP contribution < -0.4 is 4.74 Å². The number of hydrogen-bond donors (Lipinski definition) is 0. The van der Waals surface area contributed by atoms with E-state index in [0.29, 0.717) is 12.5 Å². The van der Waals surface area contributed by atoms with Gasteiger partial charge in [-0.05, 0) is 54.0 Å². The predicted molar refractivity (Wildman–Crippen MR) is 105 cm³/mol. The summed E-state index contributed by atoms with van der Waals surface area (Å²) in [7, 11) is 0. The van der Waals surface area contributed by atoms with Gasteiger partial charge in [-0.1, -0.05) is 39.2 Å². The topological polar surface area (TPSA) is 34.1 Å². The lowest BCUT2D eigenvalue weighted by atomic mass is 9.80. The number of aliphatic imine (C=N–C) groups is 1. The molecule has 1 saturated heterocycles. The Balaban J connectivity index is 1.41. The second-order valence-electron chi connectivity index (χ2n) is 8.03. The van der Waals surface area contributed by atoms with Crippen molar-refractivity contribution in [2.45, 2.75) is 63.9 Å². The van der Waals surface area contributed by atoms with Crippen LogP contribution in [0, 0.1) is 0 Å². The van der Waals surface area contributed by atoms with Gasteiger partial charge in [0.05, 0.1) is 6.54 Å². The molecule has 4 nitrogen and oxygen atoms in total. The van der Waals surface area contributed by atoms with Crippen molar-refractivity contribution >= 4 is 6.02 Å². The lowest BCUT2D eigenvalue weighted by Gasteiger charge is -2.26. The van der Waals surface area contributed by atoms with Crippen LogP contribution in [0.15, 0.2) is 35.5 Å². The van der Waals surface area contributed by atoms with Crippen LogP contribution in [-0.4, -0.2) is 36.7 Å². The van der Waals surface area contributed by atoms with E-state index in [-0.39, 0.29) is 6.10 Å². The van der Waals surface area contributed by atoms with Gasteiger partial charge in [0.15, 0.2) is 6.10 Å². The monoisotopic (exact) mass is 354 g/mol. The summed E-state index contributed by atoms with van der Waals surface area (Å²) in [5.41, 5.74) is 2.99. The number of benzene rings is 1. The standard InChI is InChI=1S/C22H30N2O2/c1-16(2)21-13-18(9-10-20(21)17-7-4-3-5-8-17)25-15-19-14-24-12-6-11-23-22(24)26-19/h6,9-11,13,16-17,19H,3-5,7-8,12,14-15H2,1-2H3/t19-/m0/s1. The van der Waals surface area contributed by atoms with E-state index in [1.165, 1.54) is 37.7 Å². The maximum atomic E-state index is 6.10. The molecule has 0 bridgehead atoms. The summed E-state index contributed by atoms with van der Waals surface area (Å²) in [6.45, 7) is 6.86. The molecule has 1 atom stereocenters. The van der Waals surface area contributed by atoms with Crippen molar-refractivity contribution in [3.63, 3.8) is 0 Å². The van der Waals surface area contributed by atoms with Gasteiger partial charge in [0, 0.05) is 12.7 Å². The Labute approximate surface area is 156 Å². The van der Waals surface area contributed by atoms with Gasteiger partial charge in [0.1, 0.15) is 12.4 Å². The molecule has 0 unspecified atom stereocenters. The molecular weight excluding hydrogens is 324 g/mol. The van der Waals surface area contributed by atoms with E-state index < -0.39 is 0 Å². The Morgan fingerprint density at radius 2 is 2.08 bits per heavy atom. The van der Waals surface area contributed by atoms with Gasteiger partial charge >= 0.3 is 0 Å². The van der Waals surface area contributed by atoms with E-state index in [2.05, 4.69) is 48.0 Å². The number of nitrogens with zero attached hydrogens (tertiary/aromatic N) is 2. The normalized spacial score (nSPS) is 23.0. The molecule has 1 saturated carbocycles. The van der Waals surface area contributed by atoms with Crippen molar-refractivity contribution < 1.29 is 9.47 Å². The number of rotatable bonds is 5. The minimum atomic E-state index is 0.0502. The van der Waals surface area contributed by atoms with Crippen LogP contribution in [0.3, 0.4) is 0 Å². The summed E-state index contributed by atoms with van der Waals surface area (Å²) in [6.07, 6.45) is 10.7. The number of amidine groups is 1. The molecule has 1 aliphatic carbocycles. The van der Waals surface area contributed by atoms with Crippen LogP contribution in [0.5, 0.6) is 5.75 Å². The Morgan fingerprint density at radius 1 is 1.23 bits per heavy atom. The maximum Gasteiger partial charge on any atom is 0.292 e. The first-order valence-corrected chi connectivity index (χ1v) is 10.1. The second kappa shape index (κ2) is 7.73. The molecule has 0 radical (unpaired) electrons. The van der Waals surface area contributed by atoms with Gasteiger partial charge < -0.3 is 14.4 Å². The largest absolute Gasteiger partial charge is 0.490 e. The molecule has 1 aromatic rings. The fraction of sp³-hybridized carbons (Fsp3) is 0.591. The van der Waals surface area contributed by atoms with Gasteiger partial charge in [-0.3, -0.25) is 0 Å². The molecule has 26 heavy (non-hydrogen) atoms. The number of fused-ring (bicyclic) bond motifs is 1. The zero-order chi connectivity index (χ0) is 17.9. The average molecular weight is 354 g/mol. The molecular formula is C22H30N2O2. The summed E-state index contributed by atoms with van der Waals surface area (Å²) < 4.78 is 12.0. The molecule has 2 fully saturated rings. The number of ether oxygens (including phenoxy) is 2. The summed E-state index contributed by atoms with van der Waals surface area (Å²) in [4.78, 5) is 6.43. The van der Waals surface area contributed by atoms with Crippen molar-refractivity contribution in [2.75, 3.05) is 19.7 Å². The highest BCUT2D eigenvalue weighted by molar-refractivity contribution is 5.77. The SMILES string of the molecule is CC(C)c1cc(OC[C@@H]2CN3CC=CN=C3O2)ccc1C1CCCCC1. The third-order valence-corrected chi connectivity index (χ3v) is 5.74. The van der Waals surface area contributed by atoms with Crippen molar-refractivity contribution in [3.8, 4) is 5.75 Å². The van der Waals surface area contributed by atoms with Crippen molar-refractivity contribution in [3.05, 3.63) is 41.6 Å². The van der Waals surface area contributed by atoms with Crippen LogP contribution in [0.1, 0.15) is 68.9 Å². The fourth-order valence-electron chi connectivity index (χ4n) is 4.34. The summed E-state index contributed by atoms with van der Waals surface area (Å²) in [6, 6.07) is 7.46. The smallest absolute Gasteiger partial charge is 0.292 e. The van der Waals surface area contributed by atoms with Gasteiger partial charge in [-0.25, -0.2) is 4.99 Å². The molecule has 4 heteroatoms. The fourth-order valence-corrected chi connectivity index (χ4v) is 4.34. The van der Waals surface area contributed by atoms with E-state index in [1.807, 2.05) is 6.20 Å². The van der Waals surface area contributed by atoms with E-state index in [0.717, 1.165) is 30.8 Å². The van der Waals surface area contributed by atoms with Crippen LogP contribution >= 0.6 is 0 Å². The Hall–Kier alpha value is -1.97. The molecule has 2 heterocycles. The van der Waals surface area contributed by atoms with Gasteiger partial charge in [0.2, 0.25) is 0 Å². The van der Waals surface area contributed by atoms with Gasteiger partial charge in [-0.2, -0.15) is 0 Å². The lowest BCUT2D eigenvalue weighted by Crippen LogP contribution is -2.28. The summed E-state index contributed by atoms with van der Waals surface area (Å²) in [5.74, 6) is 2.21. The molecule has 0 aromatic heterocycles. The van der Waals surface area contributed by atoms with E-state index in [1.54, 1.807) is 5.56 Å². The van der Waals surface area contributed by atoms with E-state index in [9.17, 15) is 0 Å². The lowest BCUT2D eigenvalue weighted by molar-refractivity contribution is 0.146. The first kappa shape index (κ1) is 17.4. The second-order valence-corrected chi connectivity index (χ2v) is 8.03. The molecule has 4 rings (SSSR count). The Bertz CT molecular complexity index is 689. The van der Waals surface area contributed by atoms with Crippen LogP contribution in [-0.2, 0) is 4.74 Å². The molecule has 0 amide bonds.